The SMILES string of the molecule is CCN(Cc1cccc(N)c1)C(=O)NC(C)(C)C. The zero-order chi connectivity index (χ0) is 13.8. The highest BCUT2D eigenvalue weighted by molar-refractivity contribution is 5.75. The third-order valence-corrected chi connectivity index (χ3v) is 2.48. The van der Waals surface area contributed by atoms with Gasteiger partial charge in [-0.25, -0.2) is 4.79 Å². The molecule has 1 rings (SSSR count). The van der Waals surface area contributed by atoms with Crippen LogP contribution in [-0.2, 0) is 6.54 Å². The van der Waals surface area contributed by atoms with Crippen LogP contribution in [0, 0.1) is 0 Å². The molecule has 4 heteroatoms. The number of nitrogens with zero attached hydrogens (tertiary/aromatic N) is 1. The van der Waals surface area contributed by atoms with Crippen molar-refractivity contribution in [2.45, 2.75) is 39.8 Å². The van der Waals surface area contributed by atoms with Crippen LogP contribution >= 0.6 is 0 Å². The van der Waals surface area contributed by atoms with Crippen molar-refractivity contribution in [2.24, 2.45) is 0 Å². The Morgan fingerprint density at radius 3 is 2.56 bits per heavy atom. The average Bonchev–Trinajstić information content (AvgIpc) is 2.23. The topological polar surface area (TPSA) is 58.4 Å². The second-order valence-electron chi connectivity index (χ2n) is 5.44. The van der Waals surface area contributed by atoms with Crippen molar-refractivity contribution >= 4 is 11.7 Å². The van der Waals surface area contributed by atoms with E-state index in [0.29, 0.717) is 13.1 Å². The standard InChI is InChI=1S/C14H23N3O/c1-5-17(13(18)16-14(2,3)4)10-11-7-6-8-12(15)9-11/h6-9H,5,10,15H2,1-4H3,(H,16,18). The van der Waals surface area contributed by atoms with Crippen molar-refractivity contribution in [1.82, 2.24) is 10.2 Å². The van der Waals surface area contributed by atoms with Crippen LogP contribution in [0.25, 0.3) is 0 Å². The zero-order valence-electron chi connectivity index (χ0n) is 11.7. The van der Waals surface area contributed by atoms with E-state index >= 15 is 0 Å². The molecule has 0 aliphatic heterocycles. The highest BCUT2D eigenvalue weighted by Crippen LogP contribution is 2.10. The van der Waals surface area contributed by atoms with Crippen LogP contribution in [0.2, 0.25) is 0 Å². The smallest absolute Gasteiger partial charge is 0.318 e. The van der Waals surface area contributed by atoms with E-state index in [4.69, 9.17) is 5.73 Å². The van der Waals surface area contributed by atoms with Gasteiger partial charge in [-0.15, -0.1) is 0 Å². The first-order valence-corrected chi connectivity index (χ1v) is 6.23. The number of nitrogen functional groups attached to an aromatic ring is 1. The lowest BCUT2D eigenvalue weighted by atomic mass is 10.1. The van der Waals surface area contributed by atoms with E-state index in [-0.39, 0.29) is 11.6 Å². The Hall–Kier alpha value is -1.71. The highest BCUT2D eigenvalue weighted by atomic mass is 16.2. The lowest BCUT2D eigenvalue weighted by molar-refractivity contribution is 0.189. The molecule has 0 unspecified atom stereocenters. The molecule has 0 aromatic heterocycles. The molecule has 1 aromatic carbocycles. The minimum absolute atomic E-state index is 0.0487. The predicted molar refractivity (Wildman–Crippen MR) is 75.2 cm³/mol. The van der Waals surface area contributed by atoms with Gasteiger partial charge in [0.1, 0.15) is 0 Å². The number of carbonyl (C=O) groups is 1. The van der Waals surface area contributed by atoms with E-state index in [0.717, 1.165) is 11.3 Å². The number of nitrogens with two attached hydrogens (primary N) is 1. The third kappa shape index (κ3) is 4.65. The van der Waals surface area contributed by atoms with Crippen molar-refractivity contribution in [1.29, 1.82) is 0 Å². The van der Waals surface area contributed by atoms with Crippen LogP contribution in [0.15, 0.2) is 24.3 Å². The fraction of sp³-hybridized carbons (Fsp3) is 0.500. The van der Waals surface area contributed by atoms with Gasteiger partial charge in [0.25, 0.3) is 0 Å². The molecule has 4 nitrogen and oxygen atoms in total. The first kappa shape index (κ1) is 14.4. The molecule has 2 amide bonds. The lowest BCUT2D eigenvalue weighted by Crippen LogP contribution is -2.48. The third-order valence-electron chi connectivity index (χ3n) is 2.48. The molecule has 0 aliphatic rings. The molecule has 0 saturated heterocycles. The van der Waals surface area contributed by atoms with Gasteiger partial charge in [0, 0.05) is 24.3 Å². The number of hydrogen-bond donors (Lipinski definition) is 2. The summed E-state index contributed by atoms with van der Waals surface area (Å²) in [7, 11) is 0. The fourth-order valence-corrected chi connectivity index (χ4v) is 1.64. The summed E-state index contributed by atoms with van der Waals surface area (Å²) in [6, 6.07) is 7.57. The average molecular weight is 249 g/mol. The summed E-state index contributed by atoms with van der Waals surface area (Å²) in [4.78, 5) is 13.8. The fourth-order valence-electron chi connectivity index (χ4n) is 1.64. The molecular weight excluding hydrogens is 226 g/mol. The molecule has 0 saturated carbocycles. The van der Waals surface area contributed by atoms with Crippen LogP contribution in [0.3, 0.4) is 0 Å². The van der Waals surface area contributed by atoms with E-state index in [1.165, 1.54) is 0 Å². The maximum Gasteiger partial charge on any atom is 0.318 e. The molecule has 3 N–H and O–H groups in total. The van der Waals surface area contributed by atoms with Crippen LogP contribution in [-0.4, -0.2) is 23.0 Å². The Labute approximate surface area is 109 Å². The van der Waals surface area contributed by atoms with Gasteiger partial charge >= 0.3 is 6.03 Å². The molecule has 0 spiro atoms. The Bertz CT molecular complexity index is 410. The number of benzene rings is 1. The van der Waals surface area contributed by atoms with Crippen molar-refractivity contribution in [2.75, 3.05) is 12.3 Å². The molecule has 0 fully saturated rings. The largest absolute Gasteiger partial charge is 0.399 e. The monoisotopic (exact) mass is 249 g/mol. The molecule has 18 heavy (non-hydrogen) atoms. The first-order valence-electron chi connectivity index (χ1n) is 6.23. The summed E-state index contributed by atoms with van der Waals surface area (Å²) >= 11 is 0. The summed E-state index contributed by atoms with van der Waals surface area (Å²) in [5, 5.41) is 2.96. The highest BCUT2D eigenvalue weighted by Gasteiger charge is 2.18. The van der Waals surface area contributed by atoms with Gasteiger partial charge in [0.15, 0.2) is 0 Å². The second-order valence-corrected chi connectivity index (χ2v) is 5.44. The van der Waals surface area contributed by atoms with Crippen molar-refractivity contribution < 1.29 is 4.79 Å². The molecule has 0 radical (unpaired) electrons. The van der Waals surface area contributed by atoms with Gasteiger partial charge in [-0.3, -0.25) is 0 Å². The molecule has 0 bridgehead atoms. The Balaban J connectivity index is 2.70. The Kier molecular flexibility index (Phi) is 4.59. The van der Waals surface area contributed by atoms with Gasteiger partial charge in [-0.05, 0) is 45.4 Å². The predicted octanol–water partition coefficient (Wildman–Crippen LogP) is 2.60. The Morgan fingerprint density at radius 2 is 2.06 bits per heavy atom. The van der Waals surface area contributed by atoms with E-state index in [1.54, 1.807) is 4.90 Å². The molecule has 0 atom stereocenters. The summed E-state index contributed by atoms with van der Waals surface area (Å²) in [6.07, 6.45) is 0. The van der Waals surface area contributed by atoms with E-state index in [9.17, 15) is 4.79 Å². The molecule has 0 aliphatic carbocycles. The van der Waals surface area contributed by atoms with Crippen molar-refractivity contribution in [3.05, 3.63) is 29.8 Å². The number of hydrogen-bond acceptors (Lipinski definition) is 2. The summed E-state index contributed by atoms with van der Waals surface area (Å²) in [5.74, 6) is 0. The minimum atomic E-state index is -0.222. The van der Waals surface area contributed by atoms with E-state index in [2.05, 4.69) is 5.32 Å². The van der Waals surface area contributed by atoms with Crippen LogP contribution in [0.5, 0.6) is 0 Å². The van der Waals surface area contributed by atoms with Gasteiger partial charge in [0.05, 0.1) is 0 Å². The normalized spacial score (nSPS) is 11.1. The second kappa shape index (κ2) is 5.76. The Morgan fingerprint density at radius 1 is 1.39 bits per heavy atom. The quantitative estimate of drug-likeness (QED) is 0.809. The lowest BCUT2D eigenvalue weighted by Gasteiger charge is -2.27. The van der Waals surface area contributed by atoms with Gasteiger partial charge in [0.2, 0.25) is 0 Å². The zero-order valence-corrected chi connectivity index (χ0v) is 11.7. The number of nitrogens with one attached hydrogen (secondary N) is 1. The van der Waals surface area contributed by atoms with Crippen LogP contribution < -0.4 is 11.1 Å². The molecule has 100 valence electrons. The van der Waals surface area contributed by atoms with Gasteiger partial charge < -0.3 is 16.0 Å². The molecule has 0 heterocycles. The maximum absolute atomic E-state index is 12.1. The van der Waals surface area contributed by atoms with Crippen LogP contribution in [0.4, 0.5) is 10.5 Å². The minimum Gasteiger partial charge on any atom is -0.399 e. The van der Waals surface area contributed by atoms with Gasteiger partial charge in [-0.1, -0.05) is 12.1 Å². The molecule has 1 aromatic rings. The number of urea groups is 1. The summed E-state index contributed by atoms with van der Waals surface area (Å²) in [6.45, 7) is 9.12. The van der Waals surface area contributed by atoms with E-state index < -0.39 is 0 Å². The van der Waals surface area contributed by atoms with E-state index in [1.807, 2.05) is 52.0 Å². The number of carbonyl (C=O) groups excluding carboxylic acids is 1. The van der Waals surface area contributed by atoms with Crippen LogP contribution in [0.1, 0.15) is 33.3 Å². The number of amides is 2. The summed E-state index contributed by atoms with van der Waals surface area (Å²) in [5.41, 5.74) is 7.28. The summed E-state index contributed by atoms with van der Waals surface area (Å²) < 4.78 is 0. The van der Waals surface area contributed by atoms with Gasteiger partial charge in [-0.2, -0.15) is 0 Å². The maximum atomic E-state index is 12.1. The number of anilines is 1. The first-order chi connectivity index (χ1) is 8.31. The van der Waals surface area contributed by atoms with Crippen molar-refractivity contribution in [3.8, 4) is 0 Å². The van der Waals surface area contributed by atoms with Crippen molar-refractivity contribution in [3.63, 3.8) is 0 Å². The molecular formula is C14H23N3O. The number of rotatable bonds is 3.